The van der Waals surface area contributed by atoms with Crippen LogP contribution in [0.15, 0.2) is 48.0 Å². The Labute approximate surface area is 207 Å². The third-order valence-corrected chi connectivity index (χ3v) is 6.38. The second-order valence-electron chi connectivity index (χ2n) is 8.64. The third-order valence-electron chi connectivity index (χ3n) is 6.38. The second kappa shape index (κ2) is 11.9. The average Bonchev–Trinajstić information content (AvgIpc) is 3.13. The van der Waals surface area contributed by atoms with Crippen LogP contribution in [0.5, 0.6) is 11.5 Å². The quantitative estimate of drug-likeness (QED) is 0.289. The van der Waals surface area contributed by atoms with Crippen molar-refractivity contribution in [2.45, 2.75) is 40.2 Å². The number of carbonyl (C=O) groups is 2. The maximum atomic E-state index is 13.2. The first-order chi connectivity index (χ1) is 16.9. The minimum absolute atomic E-state index is 0.0858. The first-order valence-corrected chi connectivity index (χ1v) is 12.2. The number of likely N-dealkylation sites (N-methyl/N-ethyl adjacent to an activating group) is 1. The summed E-state index contributed by atoms with van der Waals surface area (Å²) in [4.78, 5) is 30.2. The highest BCUT2D eigenvalue weighted by Crippen LogP contribution is 2.42. The summed E-state index contributed by atoms with van der Waals surface area (Å²) in [5.41, 5.74) is 2.29. The van der Waals surface area contributed by atoms with Gasteiger partial charge in [0, 0.05) is 18.7 Å². The molecule has 2 aromatic rings. The van der Waals surface area contributed by atoms with Crippen LogP contribution < -0.4 is 9.47 Å². The van der Waals surface area contributed by atoms with Crippen LogP contribution in [0.1, 0.15) is 49.9 Å². The van der Waals surface area contributed by atoms with E-state index in [-0.39, 0.29) is 11.3 Å². The average molecular weight is 481 g/mol. The van der Waals surface area contributed by atoms with Gasteiger partial charge in [-0.15, -0.1) is 0 Å². The molecule has 3 rings (SSSR count). The number of hydrogen-bond acceptors (Lipinski definition) is 6. The smallest absolute Gasteiger partial charge is 0.295 e. The summed E-state index contributed by atoms with van der Waals surface area (Å²) in [6.07, 6.45) is 0.854. The molecular formula is C28H36N2O5. The van der Waals surface area contributed by atoms with Gasteiger partial charge >= 0.3 is 0 Å². The van der Waals surface area contributed by atoms with E-state index in [0.29, 0.717) is 42.3 Å². The normalized spacial score (nSPS) is 17.3. The molecule has 2 aromatic carbocycles. The van der Waals surface area contributed by atoms with Gasteiger partial charge in [0.2, 0.25) is 0 Å². The lowest BCUT2D eigenvalue weighted by Gasteiger charge is -2.28. The molecule has 1 fully saturated rings. The van der Waals surface area contributed by atoms with Crippen LogP contribution >= 0.6 is 0 Å². The number of ketones is 1. The van der Waals surface area contributed by atoms with E-state index >= 15 is 0 Å². The number of likely N-dealkylation sites (tertiary alicyclic amines) is 1. The molecule has 1 aliphatic rings. The summed E-state index contributed by atoms with van der Waals surface area (Å²) >= 11 is 0. The van der Waals surface area contributed by atoms with E-state index in [0.717, 1.165) is 25.1 Å². The van der Waals surface area contributed by atoms with Gasteiger partial charge in [-0.2, -0.15) is 0 Å². The van der Waals surface area contributed by atoms with Crippen molar-refractivity contribution in [1.29, 1.82) is 0 Å². The summed E-state index contributed by atoms with van der Waals surface area (Å²) < 4.78 is 11.3. The van der Waals surface area contributed by atoms with E-state index in [1.54, 1.807) is 36.3 Å². The number of amides is 1. The number of aliphatic hydroxyl groups excluding tert-OH is 1. The number of hydrogen-bond donors (Lipinski definition) is 1. The predicted octanol–water partition coefficient (Wildman–Crippen LogP) is 4.56. The van der Waals surface area contributed by atoms with E-state index in [1.807, 2.05) is 32.0 Å². The van der Waals surface area contributed by atoms with Crippen molar-refractivity contribution in [2.24, 2.45) is 0 Å². The van der Waals surface area contributed by atoms with Gasteiger partial charge in [0.15, 0.2) is 11.5 Å². The van der Waals surface area contributed by atoms with Crippen molar-refractivity contribution in [3.05, 3.63) is 64.7 Å². The van der Waals surface area contributed by atoms with Gasteiger partial charge in [0.1, 0.15) is 5.76 Å². The molecule has 1 amide bonds. The van der Waals surface area contributed by atoms with Crippen LogP contribution in [0.3, 0.4) is 0 Å². The number of nitrogens with zero attached hydrogens (tertiary/aromatic N) is 2. The molecule has 0 radical (unpaired) electrons. The van der Waals surface area contributed by atoms with E-state index in [1.165, 1.54) is 0 Å². The molecule has 188 valence electrons. The molecule has 1 N–H and O–H groups in total. The zero-order valence-corrected chi connectivity index (χ0v) is 21.3. The largest absolute Gasteiger partial charge is 0.507 e. The van der Waals surface area contributed by atoms with Crippen LogP contribution in [0.4, 0.5) is 0 Å². The number of ether oxygens (including phenoxy) is 2. The highest BCUT2D eigenvalue weighted by molar-refractivity contribution is 6.46. The summed E-state index contributed by atoms with van der Waals surface area (Å²) in [5.74, 6) is -0.361. The lowest BCUT2D eigenvalue weighted by molar-refractivity contribution is -0.140. The molecule has 1 saturated heterocycles. The first kappa shape index (κ1) is 26.3. The van der Waals surface area contributed by atoms with Gasteiger partial charge in [0.25, 0.3) is 11.7 Å². The van der Waals surface area contributed by atoms with Crippen LogP contribution in [0, 0.1) is 6.92 Å². The molecule has 0 bridgehead atoms. The van der Waals surface area contributed by atoms with Gasteiger partial charge in [-0.25, -0.2) is 0 Å². The maximum absolute atomic E-state index is 13.2. The summed E-state index contributed by atoms with van der Waals surface area (Å²) in [7, 11) is 1.56. The highest BCUT2D eigenvalue weighted by Gasteiger charge is 2.46. The Balaban J connectivity index is 2.12. The number of rotatable bonds is 11. The topological polar surface area (TPSA) is 79.3 Å². The molecule has 7 nitrogen and oxygen atoms in total. The Morgan fingerprint density at radius 1 is 1.03 bits per heavy atom. The van der Waals surface area contributed by atoms with E-state index < -0.39 is 17.7 Å². The molecule has 0 spiro atoms. The van der Waals surface area contributed by atoms with Crippen LogP contribution in [-0.2, 0) is 9.59 Å². The van der Waals surface area contributed by atoms with Crippen molar-refractivity contribution >= 4 is 17.4 Å². The monoisotopic (exact) mass is 480 g/mol. The highest BCUT2D eigenvalue weighted by atomic mass is 16.5. The fourth-order valence-corrected chi connectivity index (χ4v) is 4.30. The predicted molar refractivity (Wildman–Crippen MR) is 137 cm³/mol. The van der Waals surface area contributed by atoms with Crippen molar-refractivity contribution in [3.63, 3.8) is 0 Å². The number of aryl methyl sites for hydroxylation is 1. The summed E-state index contributed by atoms with van der Waals surface area (Å²) in [5, 5.41) is 11.2. The number of Topliss-reactive ketones (excluding diaryl/α,β-unsaturated/α-hetero) is 1. The van der Waals surface area contributed by atoms with Crippen LogP contribution in [0.2, 0.25) is 0 Å². The molecule has 1 aliphatic heterocycles. The molecule has 35 heavy (non-hydrogen) atoms. The fraction of sp³-hybridized carbons (Fsp3) is 0.429. The number of benzene rings is 2. The van der Waals surface area contributed by atoms with Gasteiger partial charge in [-0.3, -0.25) is 9.59 Å². The van der Waals surface area contributed by atoms with Crippen molar-refractivity contribution in [3.8, 4) is 11.5 Å². The Morgan fingerprint density at radius 3 is 2.31 bits per heavy atom. The lowest BCUT2D eigenvalue weighted by atomic mass is 9.94. The summed E-state index contributed by atoms with van der Waals surface area (Å²) in [6.45, 7) is 11.3. The standard InChI is InChI=1S/C28H36N2O5/c1-6-17-35-22-14-13-21(18-23(22)34-5)25-24(26(31)20-11-9-19(4)10-12-20)27(32)28(33)30(25)16-15-29(7-2)8-3/h9-14,18,25,31H,6-8,15-17H2,1-5H3/b26-24+/t25-/m0/s1. The van der Waals surface area contributed by atoms with Gasteiger partial charge < -0.3 is 24.4 Å². The molecule has 7 heteroatoms. The molecular weight excluding hydrogens is 444 g/mol. The molecule has 0 saturated carbocycles. The molecule has 0 aromatic heterocycles. The fourth-order valence-electron chi connectivity index (χ4n) is 4.30. The van der Waals surface area contributed by atoms with Gasteiger partial charge in [-0.05, 0) is 44.1 Å². The number of aliphatic hydroxyl groups is 1. The van der Waals surface area contributed by atoms with Crippen molar-refractivity contribution in [2.75, 3.05) is 39.9 Å². The van der Waals surface area contributed by atoms with Crippen molar-refractivity contribution in [1.82, 2.24) is 9.80 Å². The Morgan fingerprint density at radius 2 is 1.71 bits per heavy atom. The maximum Gasteiger partial charge on any atom is 0.295 e. The second-order valence-corrected chi connectivity index (χ2v) is 8.64. The Hall–Kier alpha value is -3.32. The van der Waals surface area contributed by atoms with E-state index in [4.69, 9.17) is 9.47 Å². The Bertz CT molecular complexity index is 1070. The number of methoxy groups -OCH3 is 1. The zero-order chi connectivity index (χ0) is 25.5. The van der Waals surface area contributed by atoms with E-state index in [9.17, 15) is 14.7 Å². The van der Waals surface area contributed by atoms with Crippen LogP contribution in [-0.4, -0.2) is 66.5 Å². The lowest BCUT2D eigenvalue weighted by Crippen LogP contribution is -2.38. The molecule has 0 aliphatic carbocycles. The molecule has 1 atom stereocenters. The SMILES string of the molecule is CCCOc1ccc([C@H]2/C(=C(\O)c3ccc(C)cc3)C(=O)C(=O)N2CCN(CC)CC)cc1OC. The minimum atomic E-state index is -0.735. The Kier molecular flexibility index (Phi) is 8.93. The van der Waals surface area contributed by atoms with Gasteiger partial charge in [-0.1, -0.05) is 56.7 Å². The molecule has 0 unspecified atom stereocenters. The van der Waals surface area contributed by atoms with Crippen LogP contribution in [0.25, 0.3) is 5.76 Å². The first-order valence-electron chi connectivity index (χ1n) is 12.2. The minimum Gasteiger partial charge on any atom is -0.507 e. The number of carbonyl (C=O) groups excluding carboxylic acids is 2. The summed E-state index contributed by atoms with van der Waals surface area (Å²) in [6, 6.07) is 11.9. The zero-order valence-electron chi connectivity index (χ0n) is 21.3. The van der Waals surface area contributed by atoms with E-state index in [2.05, 4.69) is 18.7 Å². The van der Waals surface area contributed by atoms with Crippen molar-refractivity contribution < 1.29 is 24.2 Å². The third kappa shape index (κ3) is 5.68. The van der Waals surface area contributed by atoms with Gasteiger partial charge in [0.05, 0.1) is 25.3 Å². The molecule has 1 heterocycles.